The number of hydrogen-bond donors (Lipinski definition) is 0. The average Bonchev–Trinajstić information content (AvgIpc) is 2.11. The maximum atomic E-state index is 13.0. The van der Waals surface area contributed by atoms with E-state index in [1.54, 1.807) is 0 Å². The van der Waals surface area contributed by atoms with E-state index in [4.69, 9.17) is 0 Å². The minimum atomic E-state index is -2.10. The SMILES string of the molecule is C[Se](C)c1c(F)c(F)c(F)c(F)c1F. The molecule has 6 heteroatoms. The van der Waals surface area contributed by atoms with Gasteiger partial charge in [-0.05, 0) is 0 Å². The predicted octanol–water partition coefficient (Wildman–Crippen LogP) is 2.34. The molecule has 0 nitrogen and oxygen atoms in total. The molecule has 0 N–H and O–H groups in total. The van der Waals surface area contributed by atoms with Crippen LogP contribution in [0.25, 0.3) is 0 Å². The Morgan fingerprint density at radius 1 is 0.643 bits per heavy atom. The van der Waals surface area contributed by atoms with Crippen molar-refractivity contribution >= 4 is 18.4 Å². The second kappa shape index (κ2) is 3.87. The summed E-state index contributed by atoms with van der Waals surface area (Å²) in [6.45, 7) is 0. The summed E-state index contributed by atoms with van der Waals surface area (Å²) in [5.41, 5.74) is 0. The van der Waals surface area contributed by atoms with Crippen molar-refractivity contribution in [3.63, 3.8) is 0 Å². The molecule has 14 heavy (non-hydrogen) atoms. The van der Waals surface area contributed by atoms with Crippen LogP contribution in [-0.4, -0.2) is 13.9 Å². The van der Waals surface area contributed by atoms with Gasteiger partial charge in [0.2, 0.25) is 0 Å². The first kappa shape index (κ1) is 11.5. The molecular formula is C8H6F5Se. The molecule has 0 bridgehead atoms. The average molecular weight is 276 g/mol. The molecule has 1 radical (unpaired) electrons. The molecule has 79 valence electrons. The third-order valence-electron chi connectivity index (χ3n) is 1.58. The van der Waals surface area contributed by atoms with E-state index < -0.39 is 47.4 Å². The summed E-state index contributed by atoms with van der Waals surface area (Å²) < 4.78 is 63.1. The molecule has 0 spiro atoms. The van der Waals surface area contributed by atoms with Crippen molar-refractivity contribution in [2.45, 2.75) is 11.6 Å². The van der Waals surface area contributed by atoms with Crippen LogP contribution in [0.4, 0.5) is 22.0 Å². The van der Waals surface area contributed by atoms with Crippen LogP contribution in [0.1, 0.15) is 0 Å². The predicted molar refractivity (Wildman–Crippen MR) is 43.3 cm³/mol. The summed E-state index contributed by atoms with van der Waals surface area (Å²) in [4.78, 5) is 0. The standard InChI is InChI=1S/C8H6F5Se/c1-14(2)8-6(12)4(10)3(9)5(11)7(8)13/h1-2H3. The third kappa shape index (κ3) is 1.64. The van der Waals surface area contributed by atoms with E-state index in [2.05, 4.69) is 0 Å². The summed E-state index contributed by atoms with van der Waals surface area (Å²) in [6.07, 6.45) is 0. The second-order valence-corrected chi connectivity index (χ2v) is 7.00. The molecule has 0 saturated carbocycles. The van der Waals surface area contributed by atoms with Crippen LogP contribution >= 0.6 is 0 Å². The van der Waals surface area contributed by atoms with E-state index >= 15 is 0 Å². The van der Waals surface area contributed by atoms with Crippen LogP contribution in [0.2, 0.25) is 11.6 Å². The zero-order valence-electron chi connectivity index (χ0n) is 7.30. The van der Waals surface area contributed by atoms with Crippen molar-refractivity contribution in [3.8, 4) is 0 Å². The molecule has 0 aromatic heterocycles. The molecule has 0 heterocycles. The monoisotopic (exact) mass is 277 g/mol. The van der Waals surface area contributed by atoms with Gasteiger partial charge in [-0.1, -0.05) is 0 Å². The Morgan fingerprint density at radius 2 is 0.929 bits per heavy atom. The Kier molecular flexibility index (Phi) is 3.17. The molecule has 0 aliphatic heterocycles. The Labute approximate surface area is 81.6 Å². The van der Waals surface area contributed by atoms with Gasteiger partial charge in [-0.3, -0.25) is 0 Å². The van der Waals surface area contributed by atoms with Gasteiger partial charge in [0.05, 0.1) is 0 Å². The fourth-order valence-corrected chi connectivity index (χ4v) is 2.82. The van der Waals surface area contributed by atoms with E-state index in [0.717, 1.165) is 0 Å². The molecule has 0 aliphatic rings. The van der Waals surface area contributed by atoms with Gasteiger partial charge in [0, 0.05) is 0 Å². The van der Waals surface area contributed by atoms with Crippen molar-refractivity contribution in [1.82, 2.24) is 0 Å². The van der Waals surface area contributed by atoms with E-state index in [1.807, 2.05) is 0 Å². The Balaban J connectivity index is 3.60. The van der Waals surface area contributed by atoms with Gasteiger partial charge in [-0.25, -0.2) is 0 Å². The molecule has 0 amide bonds. The molecular weight excluding hydrogens is 270 g/mol. The van der Waals surface area contributed by atoms with Crippen LogP contribution in [0.15, 0.2) is 0 Å². The first-order valence-corrected chi connectivity index (χ1v) is 7.75. The van der Waals surface area contributed by atoms with Gasteiger partial charge in [-0.15, -0.1) is 0 Å². The molecule has 0 atom stereocenters. The summed E-state index contributed by atoms with van der Waals surface area (Å²) >= 11 is -1.95. The van der Waals surface area contributed by atoms with Crippen LogP contribution in [0, 0.1) is 29.1 Å². The summed E-state index contributed by atoms with van der Waals surface area (Å²) in [5, 5.41) is 0. The quantitative estimate of drug-likeness (QED) is 0.320. The van der Waals surface area contributed by atoms with Crippen molar-refractivity contribution < 1.29 is 22.0 Å². The van der Waals surface area contributed by atoms with E-state index in [-0.39, 0.29) is 0 Å². The molecule has 0 saturated heterocycles. The normalized spacial score (nSPS) is 11.1. The molecule has 0 fully saturated rings. The molecule has 1 aromatic carbocycles. The van der Waals surface area contributed by atoms with Gasteiger partial charge in [-0.2, -0.15) is 0 Å². The van der Waals surface area contributed by atoms with E-state index in [9.17, 15) is 22.0 Å². The van der Waals surface area contributed by atoms with Gasteiger partial charge >= 0.3 is 81.0 Å². The number of halogens is 5. The minimum absolute atomic E-state index is 0.651. The van der Waals surface area contributed by atoms with Crippen molar-refractivity contribution in [3.05, 3.63) is 29.1 Å². The van der Waals surface area contributed by atoms with E-state index in [0.29, 0.717) is 0 Å². The van der Waals surface area contributed by atoms with Gasteiger partial charge in [0.15, 0.2) is 0 Å². The third-order valence-corrected chi connectivity index (χ3v) is 4.04. The second-order valence-electron chi connectivity index (χ2n) is 2.72. The molecule has 0 aliphatic carbocycles. The molecule has 1 rings (SSSR count). The number of rotatable bonds is 1. The van der Waals surface area contributed by atoms with Crippen LogP contribution in [0.5, 0.6) is 0 Å². The number of hydrogen-bond acceptors (Lipinski definition) is 0. The van der Waals surface area contributed by atoms with Crippen molar-refractivity contribution in [2.24, 2.45) is 0 Å². The summed E-state index contributed by atoms with van der Waals surface area (Å²) in [5.74, 6) is -6.28. The van der Waals surface area contributed by atoms with Gasteiger partial charge < -0.3 is 0 Å². The molecule has 0 unspecified atom stereocenters. The zero-order chi connectivity index (χ0) is 11.0. The first-order valence-electron chi connectivity index (χ1n) is 3.47. The first-order chi connectivity index (χ1) is 6.37. The fourth-order valence-electron chi connectivity index (χ4n) is 0.943. The Morgan fingerprint density at radius 3 is 1.21 bits per heavy atom. The van der Waals surface area contributed by atoms with E-state index in [1.165, 1.54) is 11.6 Å². The van der Waals surface area contributed by atoms with Gasteiger partial charge in [0.25, 0.3) is 0 Å². The Hall–Kier alpha value is -0.611. The summed E-state index contributed by atoms with van der Waals surface area (Å²) in [6, 6.07) is 0. The Bertz CT molecular complexity index is 345. The summed E-state index contributed by atoms with van der Waals surface area (Å²) in [7, 11) is 0. The maximum absolute atomic E-state index is 13.0. The molecule has 1 aromatic rings. The van der Waals surface area contributed by atoms with Crippen LogP contribution < -0.4 is 4.46 Å². The van der Waals surface area contributed by atoms with Crippen molar-refractivity contribution in [2.75, 3.05) is 0 Å². The van der Waals surface area contributed by atoms with Crippen LogP contribution in [-0.2, 0) is 0 Å². The zero-order valence-corrected chi connectivity index (χ0v) is 9.01. The topological polar surface area (TPSA) is 0 Å². The fraction of sp³-hybridized carbons (Fsp3) is 0.250. The van der Waals surface area contributed by atoms with Gasteiger partial charge in [0.1, 0.15) is 0 Å². The van der Waals surface area contributed by atoms with Crippen molar-refractivity contribution in [1.29, 1.82) is 0 Å². The van der Waals surface area contributed by atoms with Crippen LogP contribution in [0.3, 0.4) is 0 Å². The number of benzene rings is 1.